The Kier molecular flexibility index (Phi) is 7.98. The first kappa shape index (κ1) is 21.7. The summed E-state index contributed by atoms with van der Waals surface area (Å²) < 4.78 is 0. The number of benzene rings is 3. The zero-order valence-corrected chi connectivity index (χ0v) is 16.5. The number of aromatic carboxylic acids is 1. The molecule has 0 aliphatic heterocycles. The lowest BCUT2D eigenvalue weighted by Gasteiger charge is -2.11. The maximum Gasteiger partial charge on any atom is 0.335 e. The minimum Gasteiger partial charge on any atom is -0.508 e. The molecular formula is C24H25NO4. The zero-order chi connectivity index (χ0) is 21.2. The molecule has 0 saturated heterocycles. The van der Waals surface area contributed by atoms with Gasteiger partial charge in [-0.2, -0.15) is 0 Å². The van der Waals surface area contributed by atoms with Crippen molar-refractivity contribution in [1.29, 1.82) is 0 Å². The summed E-state index contributed by atoms with van der Waals surface area (Å²) in [5.74, 6) is -0.857. The van der Waals surface area contributed by atoms with Crippen LogP contribution in [0.25, 0.3) is 0 Å². The number of nitrogens with one attached hydrogen (secondary N) is 1. The Hall–Kier alpha value is -3.60. The number of aromatic hydroxyl groups is 1. The summed E-state index contributed by atoms with van der Waals surface area (Å²) in [6, 6.07) is 23.9. The van der Waals surface area contributed by atoms with Crippen molar-refractivity contribution in [3.63, 3.8) is 0 Å². The molecule has 0 fully saturated rings. The number of phenolic OH excluding ortho intramolecular Hbond substituents is 1. The Morgan fingerprint density at radius 2 is 1.52 bits per heavy atom. The van der Waals surface area contributed by atoms with E-state index in [9.17, 15) is 14.7 Å². The summed E-state index contributed by atoms with van der Waals surface area (Å²) in [7, 11) is 0. The molecule has 0 radical (unpaired) electrons. The van der Waals surface area contributed by atoms with Gasteiger partial charge < -0.3 is 15.5 Å². The molecule has 0 bridgehead atoms. The molecule has 5 nitrogen and oxygen atoms in total. The van der Waals surface area contributed by atoms with Crippen molar-refractivity contribution in [2.75, 3.05) is 0 Å². The van der Waals surface area contributed by atoms with Gasteiger partial charge in [-0.3, -0.25) is 4.79 Å². The Bertz CT molecular complexity index is 940. The number of carbonyl (C=O) groups is 2. The van der Waals surface area contributed by atoms with E-state index in [2.05, 4.69) is 5.32 Å². The fourth-order valence-corrected chi connectivity index (χ4v) is 2.81. The number of phenols is 1. The van der Waals surface area contributed by atoms with Gasteiger partial charge in [-0.15, -0.1) is 0 Å². The molecule has 0 unspecified atom stereocenters. The monoisotopic (exact) mass is 391 g/mol. The molecule has 5 heteroatoms. The Labute approximate surface area is 170 Å². The predicted octanol–water partition coefficient (Wildman–Crippen LogP) is 4.56. The van der Waals surface area contributed by atoms with Gasteiger partial charge in [0, 0.05) is 13.3 Å². The number of amides is 1. The number of carboxylic acids is 1. The lowest BCUT2D eigenvalue weighted by Crippen LogP contribution is -2.23. The average molecular weight is 391 g/mol. The number of carboxylic acid groups (broad SMARTS) is 1. The highest BCUT2D eigenvalue weighted by molar-refractivity contribution is 5.88. The van der Waals surface area contributed by atoms with E-state index in [-0.39, 0.29) is 23.3 Å². The highest BCUT2D eigenvalue weighted by Crippen LogP contribution is 2.21. The van der Waals surface area contributed by atoms with E-state index in [1.54, 1.807) is 0 Å². The Balaban J connectivity index is 0.000000221. The van der Waals surface area contributed by atoms with Crippen LogP contribution in [0.1, 0.15) is 46.9 Å². The molecule has 150 valence electrons. The minimum atomic E-state index is -0.987. The number of rotatable bonds is 5. The second kappa shape index (κ2) is 10.7. The van der Waals surface area contributed by atoms with Gasteiger partial charge in [0.2, 0.25) is 5.91 Å². The van der Waals surface area contributed by atoms with Crippen molar-refractivity contribution in [2.45, 2.75) is 26.3 Å². The van der Waals surface area contributed by atoms with Gasteiger partial charge in [0.15, 0.2) is 0 Å². The van der Waals surface area contributed by atoms with E-state index in [0.29, 0.717) is 12.0 Å². The zero-order valence-electron chi connectivity index (χ0n) is 16.5. The summed E-state index contributed by atoms with van der Waals surface area (Å²) in [5.41, 5.74) is 2.97. The van der Waals surface area contributed by atoms with Gasteiger partial charge in [0.1, 0.15) is 5.75 Å². The van der Waals surface area contributed by atoms with Gasteiger partial charge in [0.05, 0.1) is 11.6 Å². The average Bonchev–Trinajstić information content (AvgIpc) is 2.71. The number of hydrogen-bond acceptors (Lipinski definition) is 3. The maximum absolute atomic E-state index is 10.8. The van der Waals surface area contributed by atoms with Crippen LogP contribution in [0.15, 0.2) is 78.9 Å². The van der Waals surface area contributed by atoms with Crippen LogP contribution >= 0.6 is 0 Å². The van der Waals surface area contributed by atoms with Gasteiger partial charge in [-0.25, -0.2) is 4.79 Å². The lowest BCUT2D eigenvalue weighted by atomic mass is 10.0. The Morgan fingerprint density at radius 1 is 0.931 bits per heavy atom. The van der Waals surface area contributed by atoms with Crippen molar-refractivity contribution in [1.82, 2.24) is 5.32 Å². The molecule has 0 aliphatic carbocycles. The third-order valence-electron chi connectivity index (χ3n) is 4.28. The van der Waals surface area contributed by atoms with Crippen molar-refractivity contribution in [3.05, 3.63) is 101 Å². The molecule has 3 rings (SSSR count). The lowest BCUT2D eigenvalue weighted by molar-refractivity contribution is -0.119. The van der Waals surface area contributed by atoms with Crippen molar-refractivity contribution < 1.29 is 19.8 Å². The smallest absolute Gasteiger partial charge is 0.335 e. The first-order chi connectivity index (χ1) is 13.9. The van der Waals surface area contributed by atoms with E-state index in [1.165, 1.54) is 25.1 Å². The minimum absolute atomic E-state index is 0.00588. The highest BCUT2D eigenvalue weighted by atomic mass is 16.4. The van der Waals surface area contributed by atoms with Crippen LogP contribution in [0.4, 0.5) is 0 Å². The van der Waals surface area contributed by atoms with Crippen LogP contribution in [-0.2, 0) is 11.2 Å². The summed E-state index contributed by atoms with van der Waals surface area (Å²) in [6.45, 7) is 3.50. The van der Waals surface area contributed by atoms with Gasteiger partial charge in [0.25, 0.3) is 0 Å². The normalized spacial score (nSPS) is 11.0. The van der Waals surface area contributed by atoms with Crippen LogP contribution in [0, 0.1) is 0 Å². The number of carbonyl (C=O) groups excluding carboxylic acids is 1. The molecule has 1 atom stereocenters. The van der Waals surface area contributed by atoms with Crippen molar-refractivity contribution in [2.24, 2.45) is 0 Å². The van der Waals surface area contributed by atoms with E-state index < -0.39 is 5.97 Å². The van der Waals surface area contributed by atoms with Crippen molar-refractivity contribution >= 4 is 11.9 Å². The topological polar surface area (TPSA) is 86.6 Å². The quantitative estimate of drug-likeness (QED) is 0.595. The molecule has 3 aromatic carbocycles. The van der Waals surface area contributed by atoms with Gasteiger partial charge >= 0.3 is 5.97 Å². The van der Waals surface area contributed by atoms with Crippen LogP contribution in [-0.4, -0.2) is 22.1 Å². The predicted molar refractivity (Wildman–Crippen MR) is 113 cm³/mol. The molecule has 0 saturated carbocycles. The largest absolute Gasteiger partial charge is 0.508 e. The molecule has 0 heterocycles. The highest BCUT2D eigenvalue weighted by Gasteiger charge is 2.08. The maximum atomic E-state index is 10.8. The molecule has 0 aliphatic rings. The van der Waals surface area contributed by atoms with Crippen LogP contribution in [0.2, 0.25) is 0 Å². The summed E-state index contributed by atoms with van der Waals surface area (Å²) in [4.78, 5) is 21.6. The fraction of sp³-hybridized carbons (Fsp3) is 0.167. The summed E-state index contributed by atoms with van der Waals surface area (Å²) in [6.07, 6.45) is 0.522. The molecule has 0 spiro atoms. The summed E-state index contributed by atoms with van der Waals surface area (Å²) in [5, 5.41) is 21.4. The number of hydrogen-bond donors (Lipinski definition) is 3. The third kappa shape index (κ3) is 7.14. The van der Waals surface area contributed by atoms with Crippen LogP contribution < -0.4 is 5.32 Å². The molecule has 29 heavy (non-hydrogen) atoms. The Morgan fingerprint density at radius 3 is 2.07 bits per heavy atom. The third-order valence-corrected chi connectivity index (χ3v) is 4.28. The van der Waals surface area contributed by atoms with Crippen LogP contribution in [0.5, 0.6) is 5.75 Å². The van der Waals surface area contributed by atoms with Crippen LogP contribution in [0.3, 0.4) is 0 Å². The molecule has 1 amide bonds. The van der Waals surface area contributed by atoms with Gasteiger partial charge in [-0.1, -0.05) is 60.7 Å². The standard InChI is InChI=1S/C14H12O3.C10H13NO/c15-13-7-6-11(14(16)17)9-12(13)8-10-4-2-1-3-5-10;1-8(11-9(2)12)10-6-4-3-5-7-10/h1-7,9,15H,8H2,(H,16,17);3-8H,1-2H3,(H,11,12)/t;8-/m.1/s1. The SMILES string of the molecule is CC(=O)N[C@H](C)c1ccccc1.O=C(O)c1ccc(O)c(Cc2ccccc2)c1. The molecule has 3 aromatic rings. The molecule has 3 N–H and O–H groups in total. The second-order valence-electron chi connectivity index (χ2n) is 6.64. The second-order valence-corrected chi connectivity index (χ2v) is 6.64. The van der Waals surface area contributed by atoms with E-state index in [0.717, 1.165) is 11.1 Å². The van der Waals surface area contributed by atoms with Gasteiger partial charge in [-0.05, 0) is 41.8 Å². The van der Waals surface area contributed by atoms with E-state index >= 15 is 0 Å². The van der Waals surface area contributed by atoms with E-state index in [1.807, 2.05) is 67.6 Å². The van der Waals surface area contributed by atoms with E-state index in [4.69, 9.17) is 5.11 Å². The molecular weight excluding hydrogens is 366 g/mol. The first-order valence-corrected chi connectivity index (χ1v) is 9.28. The van der Waals surface area contributed by atoms with Crippen molar-refractivity contribution in [3.8, 4) is 5.75 Å². The summed E-state index contributed by atoms with van der Waals surface area (Å²) >= 11 is 0. The fourth-order valence-electron chi connectivity index (χ4n) is 2.81. The first-order valence-electron chi connectivity index (χ1n) is 9.28. The molecule has 0 aromatic heterocycles.